The standard InChI is InChI=1S/C35H26FNO4S/c1-22(38)24-13-6-7-15-26(24)29-20-30(27-16-9-11-19-32(27)42(3,39)40)35(41-2)34(28-17-8-10-18-31(28)36)33(29)25-14-5-4-12-23(25)21-37/h4-20H,1-3H3. The molecule has 0 fully saturated rings. The molecule has 0 bridgehead atoms. The van der Waals surface area contributed by atoms with Crippen molar-refractivity contribution in [2.24, 2.45) is 0 Å². The predicted octanol–water partition coefficient (Wildman–Crippen LogP) is 7.98. The van der Waals surface area contributed by atoms with Crippen molar-refractivity contribution < 1.29 is 22.3 Å². The molecule has 0 saturated carbocycles. The summed E-state index contributed by atoms with van der Waals surface area (Å²) in [7, 11) is -2.25. The van der Waals surface area contributed by atoms with E-state index in [1.165, 1.54) is 26.2 Å². The Hall–Kier alpha value is -5.06. The van der Waals surface area contributed by atoms with E-state index in [4.69, 9.17) is 4.74 Å². The monoisotopic (exact) mass is 575 g/mol. The molecular formula is C35H26FNO4S. The lowest BCUT2D eigenvalue weighted by molar-refractivity contribution is 0.101. The van der Waals surface area contributed by atoms with Gasteiger partial charge in [-0.3, -0.25) is 4.79 Å². The van der Waals surface area contributed by atoms with Gasteiger partial charge in [0, 0.05) is 45.2 Å². The highest BCUT2D eigenvalue weighted by atomic mass is 32.2. The number of nitrogens with zero attached hydrogens (tertiary/aromatic N) is 1. The van der Waals surface area contributed by atoms with Crippen LogP contribution in [0.25, 0.3) is 44.5 Å². The molecule has 42 heavy (non-hydrogen) atoms. The highest BCUT2D eigenvalue weighted by Gasteiger charge is 2.29. The summed E-state index contributed by atoms with van der Waals surface area (Å²) in [6.45, 7) is 1.46. The van der Waals surface area contributed by atoms with Gasteiger partial charge in [-0.2, -0.15) is 5.26 Å². The molecular weight excluding hydrogens is 549 g/mol. The molecule has 5 rings (SSSR count). The molecule has 0 atom stereocenters. The SMILES string of the molecule is COc1c(-c2ccccc2S(C)(=O)=O)cc(-c2ccccc2C(C)=O)c(-c2ccccc2C#N)c1-c1ccccc1F. The third-order valence-electron chi connectivity index (χ3n) is 7.12. The Morgan fingerprint density at radius 1 is 0.738 bits per heavy atom. The van der Waals surface area contributed by atoms with Gasteiger partial charge in [0.15, 0.2) is 15.6 Å². The lowest BCUT2D eigenvalue weighted by Crippen LogP contribution is -2.05. The van der Waals surface area contributed by atoms with Crippen molar-refractivity contribution in [3.05, 3.63) is 120 Å². The Morgan fingerprint density at radius 3 is 1.93 bits per heavy atom. The first-order valence-electron chi connectivity index (χ1n) is 13.1. The van der Waals surface area contributed by atoms with Crippen LogP contribution in [0.4, 0.5) is 4.39 Å². The lowest BCUT2D eigenvalue weighted by atomic mass is 9.81. The molecule has 0 aliphatic carbocycles. The number of carbonyl (C=O) groups is 1. The van der Waals surface area contributed by atoms with Gasteiger partial charge in [-0.1, -0.05) is 78.9 Å². The van der Waals surface area contributed by atoms with Crippen molar-refractivity contribution in [2.75, 3.05) is 13.4 Å². The number of ketones is 1. The summed E-state index contributed by atoms with van der Waals surface area (Å²) >= 11 is 0. The van der Waals surface area contributed by atoms with Gasteiger partial charge in [-0.05, 0) is 42.3 Å². The maximum Gasteiger partial charge on any atom is 0.176 e. The minimum atomic E-state index is -3.69. The molecule has 0 aliphatic rings. The topological polar surface area (TPSA) is 84.2 Å². The number of Topliss-reactive ketones (excluding diaryl/α,β-unsaturated/α-hetero) is 1. The summed E-state index contributed by atoms with van der Waals surface area (Å²) in [5, 5.41) is 10.1. The van der Waals surface area contributed by atoms with Gasteiger partial charge in [0.25, 0.3) is 0 Å². The molecule has 0 aliphatic heterocycles. The quantitative estimate of drug-likeness (QED) is 0.184. The van der Waals surface area contributed by atoms with Gasteiger partial charge >= 0.3 is 0 Å². The van der Waals surface area contributed by atoms with E-state index >= 15 is 4.39 Å². The van der Waals surface area contributed by atoms with Gasteiger partial charge in [-0.25, -0.2) is 12.8 Å². The minimum Gasteiger partial charge on any atom is -0.495 e. The Bertz CT molecular complexity index is 2010. The number of benzene rings is 5. The molecule has 208 valence electrons. The van der Waals surface area contributed by atoms with E-state index in [-0.39, 0.29) is 22.0 Å². The van der Waals surface area contributed by atoms with Crippen LogP contribution in [-0.4, -0.2) is 27.6 Å². The Morgan fingerprint density at radius 2 is 1.31 bits per heavy atom. The first-order chi connectivity index (χ1) is 20.2. The number of carbonyl (C=O) groups excluding carboxylic acids is 1. The zero-order chi connectivity index (χ0) is 30.0. The van der Waals surface area contributed by atoms with Crippen molar-refractivity contribution in [1.82, 2.24) is 0 Å². The van der Waals surface area contributed by atoms with Gasteiger partial charge in [-0.15, -0.1) is 0 Å². The van der Waals surface area contributed by atoms with Crippen molar-refractivity contribution in [3.8, 4) is 56.3 Å². The number of rotatable bonds is 7. The largest absolute Gasteiger partial charge is 0.495 e. The fraction of sp³-hybridized carbons (Fsp3) is 0.0857. The van der Waals surface area contributed by atoms with E-state index in [9.17, 15) is 18.5 Å². The summed E-state index contributed by atoms with van der Waals surface area (Å²) in [4.78, 5) is 12.9. The molecule has 5 aromatic rings. The predicted molar refractivity (Wildman–Crippen MR) is 163 cm³/mol. The van der Waals surface area contributed by atoms with Crippen molar-refractivity contribution in [3.63, 3.8) is 0 Å². The van der Waals surface area contributed by atoms with Crippen molar-refractivity contribution in [2.45, 2.75) is 11.8 Å². The Labute approximate surface area is 244 Å². The molecule has 5 aromatic carbocycles. The van der Waals surface area contributed by atoms with Gasteiger partial charge < -0.3 is 4.74 Å². The van der Waals surface area contributed by atoms with E-state index in [0.29, 0.717) is 50.1 Å². The van der Waals surface area contributed by atoms with E-state index in [1.807, 2.05) is 0 Å². The second-order valence-electron chi connectivity index (χ2n) is 9.76. The molecule has 0 unspecified atom stereocenters. The average molecular weight is 576 g/mol. The number of halogens is 1. The summed E-state index contributed by atoms with van der Waals surface area (Å²) in [5.41, 5.74) is 4.07. The van der Waals surface area contributed by atoms with Crippen molar-refractivity contribution >= 4 is 15.6 Å². The number of hydrogen-bond acceptors (Lipinski definition) is 5. The highest BCUT2D eigenvalue weighted by Crippen LogP contribution is 2.52. The van der Waals surface area contributed by atoms with Crippen LogP contribution in [0.2, 0.25) is 0 Å². The Balaban J connectivity index is 2.11. The van der Waals surface area contributed by atoms with Crippen LogP contribution < -0.4 is 4.74 Å². The minimum absolute atomic E-state index is 0.0683. The number of ether oxygens (including phenoxy) is 1. The smallest absolute Gasteiger partial charge is 0.176 e. The number of nitriles is 1. The van der Waals surface area contributed by atoms with Crippen molar-refractivity contribution in [1.29, 1.82) is 5.26 Å². The molecule has 0 aromatic heterocycles. The second-order valence-corrected chi connectivity index (χ2v) is 11.7. The average Bonchev–Trinajstić information content (AvgIpc) is 3.00. The summed E-state index contributed by atoms with van der Waals surface area (Å²) in [6, 6.07) is 30.7. The molecule has 7 heteroatoms. The molecule has 5 nitrogen and oxygen atoms in total. The zero-order valence-electron chi connectivity index (χ0n) is 23.2. The Kier molecular flexibility index (Phi) is 7.75. The van der Waals surface area contributed by atoms with Crippen LogP contribution in [0.15, 0.2) is 108 Å². The maximum absolute atomic E-state index is 15.7. The third-order valence-corrected chi connectivity index (χ3v) is 8.27. The van der Waals surface area contributed by atoms with Gasteiger partial charge in [0.05, 0.1) is 23.6 Å². The van der Waals surface area contributed by atoms with E-state index in [1.54, 1.807) is 91.0 Å². The van der Waals surface area contributed by atoms with Crippen LogP contribution in [0.1, 0.15) is 22.8 Å². The zero-order valence-corrected chi connectivity index (χ0v) is 24.0. The number of hydrogen-bond donors (Lipinski definition) is 0. The highest BCUT2D eigenvalue weighted by molar-refractivity contribution is 7.90. The first-order valence-corrected chi connectivity index (χ1v) is 15.0. The normalized spacial score (nSPS) is 11.1. The van der Waals surface area contributed by atoms with E-state index in [2.05, 4.69) is 6.07 Å². The molecule has 0 amide bonds. The lowest BCUT2D eigenvalue weighted by Gasteiger charge is -2.24. The van der Waals surface area contributed by atoms with E-state index in [0.717, 1.165) is 6.26 Å². The van der Waals surface area contributed by atoms with Crippen LogP contribution in [0.5, 0.6) is 5.75 Å². The number of methoxy groups -OCH3 is 1. The first kappa shape index (κ1) is 28.5. The van der Waals surface area contributed by atoms with Crippen LogP contribution in [0.3, 0.4) is 0 Å². The fourth-order valence-corrected chi connectivity index (χ4v) is 6.23. The van der Waals surface area contributed by atoms with Gasteiger partial charge in [0.1, 0.15) is 11.6 Å². The van der Waals surface area contributed by atoms with Crippen LogP contribution in [-0.2, 0) is 9.84 Å². The second kappa shape index (κ2) is 11.4. The van der Waals surface area contributed by atoms with Gasteiger partial charge in [0.2, 0.25) is 0 Å². The fourth-order valence-electron chi connectivity index (χ4n) is 5.33. The molecule has 0 radical (unpaired) electrons. The number of sulfone groups is 1. The molecule has 0 saturated heterocycles. The van der Waals surface area contributed by atoms with Crippen LogP contribution in [0, 0.1) is 17.1 Å². The summed E-state index contributed by atoms with van der Waals surface area (Å²) < 4.78 is 47.6. The summed E-state index contributed by atoms with van der Waals surface area (Å²) in [5.74, 6) is -0.500. The molecule has 0 spiro atoms. The van der Waals surface area contributed by atoms with Crippen LogP contribution >= 0.6 is 0 Å². The third kappa shape index (κ3) is 5.09. The van der Waals surface area contributed by atoms with E-state index < -0.39 is 15.7 Å². The summed E-state index contributed by atoms with van der Waals surface area (Å²) in [6.07, 6.45) is 1.12. The maximum atomic E-state index is 15.7. The molecule has 0 heterocycles. The molecule has 0 N–H and O–H groups in total.